The summed E-state index contributed by atoms with van der Waals surface area (Å²) in [5.74, 6) is 0.0885. The van der Waals surface area contributed by atoms with E-state index in [0.29, 0.717) is 0 Å². The fraction of sp³-hybridized carbons (Fsp3) is 0.917. The summed E-state index contributed by atoms with van der Waals surface area (Å²) in [6.07, 6.45) is 1.34. The first-order chi connectivity index (χ1) is 8.03. The molecule has 1 amide bonds. The van der Waals surface area contributed by atoms with Gasteiger partial charge in [0.25, 0.3) is 0 Å². The minimum atomic E-state index is -0.399. The molecule has 1 heterocycles. The lowest BCUT2D eigenvalue weighted by Crippen LogP contribution is -2.51. The molecule has 1 fully saturated rings. The van der Waals surface area contributed by atoms with E-state index < -0.39 is 6.29 Å². The highest BCUT2D eigenvalue weighted by molar-refractivity contribution is 5.82. The maximum Gasteiger partial charge on any atom is 0.226 e. The van der Waals surface area contributed by atoms with Crippen LogP contribution in [0.5, 0.6) is 0 Å². The molecule has 0 radical (unpaired) electrons. The van der Waals surface area contributed by atoms with Crippen molar-refractivity contribution in [2.24, 2.45) is 5.41 Å². The molecule has 2 N–H and O–H groups in total. The van der Waals surface area contributed by atoms with Gasteiger partial charge in [0.05, 0.1) is 6.04 Å². The smallest absolute Gasteiger partial charge is 0.226 e. The second kappa shape index (κ2) is 6.33. The van der Waals surface area contributed by atoms with Crippen LogP contribution in [-0.2, 0) is 14.3 Å². The van der Waals surface area contributed by atoms with Gasteiger partial charge in [-0.2, -0.15) is 0 Å². The van der Waals surface area contributed by atoms with E-state index in [1.165, 1.54) is 0 Å². The Labute approximate surface area is 103 Å². The number of carbonyl (C=O) groups excluding carboxylic acids is 1. The van der Waals surface area contributed by atoms with Crippen molar-refractivity contribution in [3.05, 3.63) is 0 Å². The highest BCUT2D eigenvalue weighted by Gasteiger charge is 2.35. The van der Waals surface area contributed by atoms with Crippen molar-refractivity contribution in [3.63, 3.8) is 0 Å². The molecule has 1 rings (SSSR count). The van der Waals surface area contributed by atoms with Crippen molar-refractivity contribution in [1.82, 2.24) is 10.6 Å². The Morgan fingerprint density at radius 2 is 1.82 bits per heavy atom. The molecule has 1 aliphatic rings. The van der Waals surface area contributed by atoms with E-state index in [9.17, 15) is 4.79 Å². The van der Waals surface area contributed by atoms with Gasteiger partial charge in [-0.15, -0.1) is 0 Å². The first kappa shape index (κ1) is 14.4. The highest BCUT2D eigenvalue weighted by Crippen LogP contribution is 2.28. The predicted octanol–water partition coefficient (Wildman–Crippen LogP) is 0.500. The molecule has 0 saturated carbocycles. The van der Waals surface area contributed by atoms with Gasteiger partial charge in [0, 0.05) is 19.6 Å². The van der Waals surface area contributed by atoms with Crippen LogP contribution in [0.15, 0.2) is 0 Å². The molecule has 1 unspecified atom stereocenters. The standard InChI is InChI=1S/C12H24N2O3/c1-9(10(16-3)17-4)14-11(15)12(2)5-7-13-8-6-12/h9-10,13H,5-8H2,1-4H3,(H,14,15). The molecular weight excluding hydrogens is 220 g/mol. The third-order valence-electron chi connectivity index (χ3n) is 3.49. The molecule has 0 aliphatic carbocycles. The summed E-state index contributed by atoms with van der Waals surface area (Å²) in [5, 5.41) is 6.24. The maximum absolute atomic E-state index is 12.2. The number of methoxy groups -OCH3 is 2. The number of nitrogens with one attached hydrogen (secondary N) is 2. The minimum absolute atomic E-state index is 0.0885. The molecule has 1 atom stereocenters. The van der Waals surface area contributed by atoms with Crippen LogP contribution in [0.4, 0.5) is 0 Å². The topological polar surface area (TPSA) is 59.6 Å². The van der Waals surface area contributed by atoms with Gasteiger partial charge in [-0.25, -0.2) is 0 Å². The van der Waals surface area contributed by atoms with Gasteiger partial charge in [0.1, 0.15) is 0 Å². The Hall–Kier alpha value is -0.650. The number of carbonyl (C=O) groups is 1. The zero-order chi connectivity index (χ0) is 12.9. The largest absolute Gasteiger partial charge is 0.354 e. The van der Waals surface area contributed by atoms with Crippen LogP contribution in [0.1, 0.15) is 26.7 Å². The summed E-state index contributed by atoms with van der Waals surface area (Å²) in [7, 11) is 3.14. The van der Waals surface area contributed by atoms with Crippen molar-refractivity contribution in [2.45, 2.75) is 39.0 Å². The first-order valence-corrected chi connectivity index (χ1v) is 6.11. The van der Waals surface area contributed by atoms with E-state index in [4.69, 9.17) is 9.47 Å². The Morgan fingerprint density at radius 1 is 1.29 bits per heavy atom. The second-order valence-corrected chi connectivity index (χ2v) is 4.91. The molecule has 0 aromatic heterocycles. The fourth-order valence-corrected chi connectivity index (χ4v) is 2.16. The zero-order valence-corrected chi connectivity index (χ0v) is 11.2. The summed E-state index contributed by atoms with van der Waals surface area (Å²) in [5.41, 5.74) is -0.272. The Kier molecular flexibility index (Phi) is 5.36. The van der Waals surface area contributed by atoms with Crippen LogP contribution in [-0.4, -0.2) is 45.5 Å². The van der Waals surface area contributed by atoms with E-state index in [1.807, 2.05) is 13.8 Å². The van der Waals surface area contributed by atoms with Crippen molar-refractivity contribution < 1.29 is 14.3 Å². The predicted molar refractivity (Wildman–Crippen MR) is 65.6 cm³/mol. The number of amides is 1. The average molecular weight is 244 g/mol. The van der Waals surface area contributed by atoms with E-state index in [-0.39, 0.29) is 17.4 Å². The van der Waals surface area contributed by atoms with Gasteiger partial charge in [-0.05, 0) is 32.9 Å². The Balaban J connectivity index is 2.52. The number of hydrogen-bond donors (Lipinski definition) is 2. The van der Waals surface area contributed by atoms with Gasteiger partial charge >= 0.3 is 0 Å². The molecule has 0 aromatic rings. The van der Waals surface area contributed by atoms with Crippen molar-refractivity contribution >= 4 is 5.91 Å². The maximum atomic E-state index is 12.2. The van der Waals surface area contributed by atoms with Crippen LogP contribution < -0.4 is 10.6 Å². The summed E-state index contributed by atoms with van der Waals surface area (Å²) in [6.45, 7) is 5.71. The normalized spacial score (nSPS) is 21.2. The number of rotatable bonds is 5. The van der Waals surface area contributed by atoms with Gasteiger partial charge in [0.2, 0.25) is 5.91 Å². The second-order valence-electron chi connectivity index (χ2n) is 4.91. The quantitative estimate of drug-likeness (QED) is 0.691. The SMILES string of the molecule is COC(OC)C(C)NC(=O)C1(C)CCNCC1. The molecule has 0 bridgehead atoms. The van der Waals surface area contributed by atoms with Gasteiger partial charge in [0.15, 0.2) is 6.29 Å². The van der Waals surface area contributed by atoms with Crippen LogP contribution in [0.3, 0.4) is 0 Å². The first-order valence-electron chi connectivity index (χ1n) is 6.11. The summed E-state index contributed by atoms with van der Waals surface area (Å²) in [6, 6.07) is -0.149. The average Bonchev–Trinajstić information content (AvgIpc) is 2.31. The summed E-state index contributed by atoms with van der Waals surface area (Å²) < 4.78 is 10.3. The third-order valence-corrected chi connectivity index (χ3v) is 3.49. The van der Waals surface area contributed by atoms with Crippen LogP contribution in [0.25, 0.3) is 0 Å². The fourth-order valence-electron chi connectivity index (χ4n) is 2.16. The molecule has 0 aromatic carbocycles. The Bertz CT molecular complexity index is 248. The molecule has 1 aliphatic heterocycles. The van der Waals surface area contributed by atoms with Crippen LogP contribution in [0.2, 0.25) is 0 Å². The van der Waals surface area contributed by atoms with E-state index in [0.717, 1.165) is 25.9 Å². The van der Waals surface area contributed by atoms with Crippen LogP contribution in [0, 0.1) is 5.41 Å². The molecule has 100 valence electrons. The lowest BCUT2D eigenvalue weighted by Gasteiger charge is -2.34. The zero-order valence-electron chi connectivity index (χ0n) is 11.2. The number of piperidine rings is 1. The van der Waals surface area contributed by atoms with E-state index in [2.05, 4.69) is 10.6 Å². The molecule has 17 heavy (non-hydrogen) atoms. The van der Waals surface area contributed by atoms with Crippen molar-refractivity contribution in [3.8, 4) is 0 Å². The summed E-state index contributed by atoms with van der Waals surface area (Å²) >= 11 is 0. The van der Waals surface area contributed by atoms with Gasteiger partial charge < -0.3 is 20.1 Å². The lowest BCUT2D eigenvalue weighted by molar-refractivity contribution is -0.143. The van der Waals surface area contributed by atoms with Crippen molar-refractivity contribution in [2.75, 3.05) is 27.3 Å². The van der Waals surface area contributed by atoms with E-state index >= 15 is 0 Å². The minimum Gasteiger partial charge on any atom is -0.354 e. The van der Waals surface area contributed by atoms with Gasteiger partial charge in [-0.3, -0.25) is 4.79 Å². The monoisotopic (exact) mass is 244 g/mol. The van der Waals surface area contributed by atoms with Crippen molar-refractivity contribution in [1.29, 1.82) is 0 Å². The molecular formula is C12H24N2O3. The third kappa shape index (κ3) is 3.66. The highest BCUT2D eigenvalue weighted by atomic mass is 16.7. The van der Waals surface area contributed by atoms with Gasteiger partial charge in [-0.1, -0.05) is 6.92 Å². The molecule has 1 saturated heterocycles. The molecule has 0 spiro atoms. The summed E-state index contributed by atoms with van der Waals surface area (Å²) in [4.78, 5) is 12.2. The molecule has 5 heteroatoms. The molecule has 5 nitrogen and oxygen atoms in total. The van der Waals surface area contributed by atoms with Crippen LogP contribution >= 0.6 is 0 Å². The van der Waals surface area contributed by atoms with E-state index in [1.54, 1.807) is 14.2 Å². The lowest BCUT2D eigenvalue weighted by atomic mass is 9.80. The Morgan fingerprint density at radius 3 is 2.29 bits per heavy atom. The number of hydrogen-bond acceptors (Lipinski definition) is 4. The number of ether oxygens (including phenoxy) is 2.